The molecule has 1 aromatic heterocycles. The molecule has 3 rings (SSSR count). The van der Waals surface area contributed by atoms with Crippen molar-refractivity contribution in [2.24, 2.45) is 0 Å². The summed E-state index contributed by atoms with van der Waals surface area (Å²) in [4.78, 5) is 0. The summed E-state index contributed by atoms with van der Waals surface area (Å²) >= 11 is 12.0. The fourth-order valence-corrected chi connectivity index (χ4v) is 3.15. The summed E-state index contributed by atoms with van der Waals surface area (Å²) in [5, 5.41) is 8.91. The van der Waals surface area contributed by atoms with E-state index in [0.29, 0.717) is 35.2 Å². The minimum absolute atomic E-state index is 0.483. The first kappa shape index (κ1) is 18.5. The van der Waals surface area contributed by atoms with Gasteiger partial charge in [0.05, 0.1) is 22.3 Å². The van der Waals surface area contributed by atoms with E-state index in [0.717, 1.165) is 25.3 Å². The Bertz CT molecular complexity index is 672. The van der Waals surface area contributed by atoms with Gasteiger partial charge in [0.15, 0.2) is 0 Å². The molecule has 136 valence electrons. The van der Waals surface area contributed by atoms with Gasteiger partial charge in [0.2, 0.25) is 5.88 Å². The van der Waals surface area contributed by atoms with Gasteiger partial charge in [-0.2, -0.15) is 0 Å². The van der Waals surface area contributed by atoms with Crippen LogP contribution in [0.25, 0.3) is 5.69 Å². The Hall–Kier alpha value is -1.27. The molecule has 5 nitrogen and oxygen atoms in total. The Labute approximate surface area is 158 Å². The van der Waals surface area contributed by atoms with Crippen molar-refractivity contribution in [1.29, 1.82) is 0 Å². The zero-order valence-electron chi connectivity index (χ0n) is 14.1. The summed E-state index contributed by atoms with van der Waals surface area (Å²) in [6.45, 7) is 2.94. The lowest BCUT2D eigenvalue weighted by molar-refractivity contribution is 0.0896. The first-order valence-corrected chi connectivity index (χ1v) is 9.43. The number of piperidine rings is 1. The van der Waals surface area contributed by atoms with Crippen molar-refractivity contribution >= 4 is 23.2 Å². The molecular weight excluding hydrogens is 361 g/mol. The van der Waals surface area contributed by atoms with Gasteiger partial charge in [-0.25, -0.2) is 4.68 Å². The highest BCUT2D eigenvalue weighted by atomic mass is 35.5. The number of hydrogen-bond donors (Lipinski definition) is 1. The van der Waals surface area contributed by atoms with Gasteiger partial charge in [-0.1, -0.05) is 29.6 Å². The van der Waals surface area contributed by atoms with Gasteiger partial charge in [0.25, 0.3) is 0 Å². The fourth-order valence-electron chi connectivity index (χ4n) is 2.86. The third-order valence-corrected chi connectivity index (χ3v) is 4.97. The zero-order valence-corrected chi connectivity index (χ0v) is 15.6. The van der Waals surface area contributed by atoms with E-state index in [2.05, 4.69) is 10.4 Å². The third-order valence-electron chi connectivity index (χ3n) is 4.23. The Balaban J connectivity index is 1.36. The van der Waals surface area contributed by atoms with Gasteiger partial charge in [0.1, 0.15) is 6.61 Å². The van der Waals surface area contributed by atoms with Crippen LogP contribution in [0.1, 0.15) is 25.7 Å². The largest absolute Gasteiger partial charge is 0.474 e. The molecule has 1 N–H and O–H groups in total. The number of benzene rings is 1. The Morgan fingerprint density at radius 2 is 2.04 bits per heavy atom. The zero-order chi connectivity index (χ0) is 17.5. The molecule has 0 aliphatic carbocycles. The summed E-state index contributed by atoms with van der Waals surface area (Å²) < 4.78 is 13.0. The maximum Gasteiger partial charge on any atom is 0.233 e. The first-order chi connectivity index (χ1) is 12.2. The Morgan fingerprint density at radius 1 is 1.12 bits per heavy atom. The number of nitrogens with zero attached hydrogens (tertiary/aromatic N) is 2. The van der Waals surface area contributed by atoms with Gasteiger partial charge < -0.3 is 14.8 Å². The van der Waals surface area contributed by atoms with Gasteiger partial charge >= 0.3 is 0 Å². The molecular formula is C18H23Cl2N3O2. The van der Waals surface area contributed by atoms with Crippen molar-refractivity contribution in [2.75, 3.05) is 26.4 Å². The van der Waals surface area contributed by atoms with Crippen LogP contribution in [-0.4, -0.2) is 42.2 Å². The number of rotatable bonds is 8. The van der Waals surface area contributed by atoms with Crippen LogP contribution in [0.2, 0.25) is 10.0 Å². The summed E-state index contributed by atoms with van der Waals surface area (Å²) in [6, 6.07) is 7.79. The summed E-state index contributed by atoms with van der Waals surface area (Å²) in [7, 11) is 0. The molecule has 1 aliphatic heterocycles. The molecule has 0 radical (unpaired) electrons. The number of nitrogens with one attached hydrogen (secondary N) is 1. The molecule has 1 aliphatic rings. The molecule has 1 aromatic carbocycles. The summed E-state index contributed by atoms with van der Waals surface area (Å²) in [5.41, 5.74) is 0.834. The van der Waals surface area contributed by atoms with Crippen molar-refractivity contribution < 1.29 is 9.47 Å². The lowest BCUT2D eigenvalue weighted by Crippen LogP contribution is -2.34. The van der Waals surface area contributed by atoms with E-state index in [-0.39, 0.29) is 0 Å². The second-order valence-electron chi connectivity index (χ2n) is 6.09. The molecule has 2 aromatic rings. The van der Waals surface area contributed by atoms with Crippen LogP contribution in [-0.2, 0) is 4.74 Å². The molecule has 7 heteroatoms. The van der Waals surface area contributed by atoms with Crippen LogP contribution >= 0.6 is 23.2 Å². The van der Waals surface area contributed by atoms with Gasteiger partial charge in [-0.05, 0) is 44.0 Å². The average Bonchev–Trinajstić information content (AvgIpc) is 3.10. The molecule has 25 heavy (non-hydrogen) atoms. The predicted octanol–water partition coefficient (Wildman–Crippen LogP) is 4.11. The molecule has 1 saturated heterocycles. The number of halogens is 2. The minimum atomic E-state index is 0.483. The maximum absolute atomic E-state index is 6.03. The topological polar surface area (TPSA) is 48.3 Å². The van der Waals surface area contributed by atoms with Gasteiger partial charge in [0, 0.05) is 24.9 Å². The quantitative estimate of drug-likeness (QED) is 0.696. The number of hydrogen-bond acceptors (Lipinski definition) is 4. The standard InChI is InChI=1S/C18H23Cl2N3O2/c19-16-5-4-15(13-17(16)20)23-9-6-18(22-23)25-12-11-24-10-7-14-3-1-2-8-21-14/h4-6,9,13-14,21H,1-3,7-8,10-12H2. The van der Waals surface area contributed by atoms with Crippen LogP contribution in [0.5, 0.6) is 5.88 Å². The SMILES string of the molecule is Clc1ccc(-n2ccc(OCCOCCC3CCCCN3)n2)cc1Cl. The van der Waals surface area contributed by atoms with E-state index >= 15 is 0 Å². The molecule has 1 fully saturated rings. The first-order valence-electron chi connectivity index (χ1n) is 8.67. The second kappa shape index (κ2) is 9.43. The average molecular weight is 384 g/mol. The van der Waals surface area contributed by atoms with Gasteiger partial charge in [-0.15, -0.1) is 5.10 Å². The monoisotopic (exact) mass is 383 g/mol. The minimum Gasteiger partial charge on any atom is -0.474 e. The summed E-state index contributed by atoms with van der Waals surface area (Å²) in [6.07, 6.45) is 6.75. The second-order valence-corrected chi connectivity index (χ2v) is 6.91. The lowest BCUT2D eigenvalue weighted by atomic mass is 10.0. The summed E-state index contributed by atoms with van der Waals surface area (Å²) in [5.74, 6) is 0.559. The lowest BCUT2D eigenvalue weighted by Gasteiger charge is -2.23. The maximum atomic E-state index is 6.03. The molecule has 0 spiro atoms. The smallest absolute Gasteiger partial charge is 0.233 e. The van der Waals surface area contributed by atoms with Gasteiger partial charge in [-0.3, -0.25) is 0 Å². The van der Waals surface area contributed by atoms with Crippen molar-refractivity contribution in [3.8, 4) is 11.6 Å². The van der Waals surface area contributed by atoms with E-state index in [1.165, 1.54) is 19.3 Å². The fraction of sp³-hybridized carbons (Fsp3) is 0.500. The Kier molecular flexibility index (Phi) is 6.99. The van der Waals surface area contributed by atoms with Crippen LogP contribution in [0.4, 0.5) is 0 Å². The van der Waals surface area contributed by atoms with E-state index < -0.39 is 0 Å². The van der Waals surface area contributed by atoms with Crippen LogP contribution in [0.3, 0.4) is 0 Å². The normalized spacial score (nSPS) is 17.6. The van der Waals surface area contributed by atoms with E-state index in [9.17, 15) is 0 Å². The molecule has 2 heterocycles. The van der Waals surface area contributed by atoms with E-state index in [1.54, 1.807) is 16.8 Å². The highest BCUT2D eigenvalue weighted by Gasteiger charge is 2.11. The highest BCUT2D eigenvalue weighted by Crippen LogP contribution is 2.24. The van der Waals surface area contributed by atoms with Crippen molar-refractivity contribution in [3.63, 3.8) is 0 Å². The predicted molar refractivity (Wildman–Crippen MR) is 100 cm³/mol. The molecule has 1 atom stereocenters. The van der Waals surface area contributed by atoms with Crippen LogP contribution in [0.15, 0.2) is 30.5 Å². The molecule has 0 amide bonds. The van der Waals surface area contributed by atoms with Crippen molar-refractivity contribution in [1.82, 2.24) is 15.1 Å². The van der Waals surface area contributed by atoms with Crippen molar-refractivity contribution in [3.05, 3.63) is 40.5 Å². The van der Waals surface area contributed by atoms with Crippen molar-refractivity contribution in [2.45, 2.75) is 31.7 Å². The van der Waals surface area contributed by atoms with Crippen LogP contribution < -0.4 is 10.1 Å². The number of aromatic nitrogens is 2. The molecule has 1 unspecified atom stereocenters. The van der Waals surface area contributed by atoms with E-state index in [4.69, 9.17) is 32.7 Å². The van der Waals surface area contributed by atoms with E-state index in [1.807, 2.05) is 18.3 Å². The third kappa shape index (κ3) is 5.61. The highest BCUT2D eigenvalue weighted by molar-refractivity contribution is 6.42. The molecule has 0 saturated carbocycles. The molecule has 0 bridgehead atoms. The van der Waals surface area contributed by atoms with Crippen LogP contribution in [0, 0.1) is 0 Å². The Morgan fingerprint density at radius 3 is 2.84 bits per heavy atom. The number of ether oxygens (including phenoxy) is 2.